The Morgan fingerprint density at radius 1 is 1.06 bits per heavy atom. The predicted molar refractivity (Wildman–Crippen MR) is 134 cm³/mol. The second kappa shape index (κ2) is 13.7. The van der Waals surface area contributed by atoms with Gasteiger partial charge in [0.25, 0.3) is 0 Å². The van der Waals surface area contributed by atoms with E-state index >= 15 is 0 Å². The molecule has 0 heterocycles. The summed E-state index contributed by atoms with van der Waals surface area (Å²) in [6.07, 6.45) is 1.75. The number of methoxy groups -OCH3 is 1. The summed E-state index contributed by atoms with van der Waals surface area (Å²) in [5, 5.41) is 5.19. The molecule has 0 aliphatic carbocycles. The van der Waals surface area contributed by atoms with Crippen molar-refractivity contribution in [2.75, 3.05) is 20.2 Å². The van der Waals surface area contributed by atoms with Crippen molar-refractivity contribution in [1.82, 2.24) is 15.5 Å². The maximum Gasteiger partial charge on any atom is 0.408 e. The highest BCUT2D eigenvalue weighted by Gasteiger charge is 2.36. The lowest BCUT2D eigenvalue weighted by Gasteiger charge is -2.35. The van der Waals surface area contributed by atoms with E-state index in [0.29, 0.717) is 18.5 Å². The van der Waals surface area contributed by atoms with Crippen molar-refractivity contribution >= 4 is 23.9 Å². The predicted octanol–water partition coefficient (Wildman–Crippen LogP) is 3.57. The lowest BCUT2D eigenvalue weighted by atomic mass is 9.93. The molecule has 1 aromatic rings. The smallest absolute Gasteiger partial charge is 0.408 e. The molecule has 2 atom stereocenters. The Bertz CT molecular complexity index is 873. The topological polar surface area (TPSA) is 114 Å². The summed E-state index contributed by atoms with van der Waals surface area (Å²) in [5.74, 6) is -1.52. The summed E-state index contributed by atoms with van der Waals surface area (Å²) in [5.41, 5.74) is 1.64. The van der Waals surface area contributed by atoms with Crippen LogP contribution in [0, 0.1) is 13.8 Å². The molecule has 1 aromatic carbocycles. The molecule has 0 aliphatic heterocycles. The number of nitrogens with zero attached hydrogens (tertiary/aromatic N) is 1. The lowest BCUT2D eigenvalue weighted by molar-refractivity contribution is -0.144. The maximum atomic E-state index is 13.7. The Balaban J connectivity index is 3.40. The summed E-state index contributed by atoms with van der Waals surface area (Å²) >= 11 is 0. The first-order chi connectivity index (χ1) is 16.3. The van der Waals surface area contributed by atoms with Crippen molar-refractivity contribution in [3.63, 3.8) is 0 Å². The molecule has 0 bridgehead atoms. The van der Waals surface area contributed by atoms with E-state index in [1.54, 1.807) is 27.7 Å². The van der Waals surface area contributed by atoms with Crippen molar-refractivity contribution in [2.45, 2.75) is 85.4 Å². The molecule has 3 amide bonds. The van der Waals surface area contributed by atoms with Crippen LogP contribution in [0.4, 0.5) is 4.79 Å². The van der Waals surface area contributed by atoms with Gasteiger partial charge in [-0.15, -0.1) is 0 Å². The number of hydrogen-bond donors (Lipinski definition) is 2. The molecule has 0 aliphatic rings. The Kier molecular flexibility index (Phi) is 11.7. The van der Waals surface area contributed by atoms with Crippen LogP contribution in [0.25, 0.3) is 0 Å². The third-order valence-electron chi connectivity index (χ3n) is 5.40. The number of benzene rings is 1. The monoisotopic (exact) mass is 491 g/mol. The fourth-order valence-electron chi connectivity index (χ4n) is 3.71. The van der Waals surface area contributed by atoms with Crippen LogP contribution < -0.4 is 10.6 Å². The lowest BCUT2D eigenvalue weighted by Crippen LogP contribution is -2.52. The maximum absolute atomic E-state index is 13.7. The van der Waals surface area contributed by atoms with Crippen molar-refractivity contribution < 1.29 is 28.7 Å². The van der Waals surface area contributed by atoms with E-state index in [4.69, 9.17) is 4.74 Å². The van der Waals surface area contributed by atoms with Crippen LogP contribution in [0.5, 0.6) is 0 Å². The van der Waals surface area contributed by atoms with Crippen LogP contribution in [0.15, 0.2) is 18.2 Å². The molecule has 0 saturated carbocycles. The van der Waals surface area contributed by atoms with Crippen LogP contribution in [-0.2, 0) is 23.9 Å². The van der Waals surface area contributed by atoms with E-state index in [9.17, 15) is 19.2 Å². The molecule has 0 spiro atoms. The number of esters is 1. The Morgan fingerprint density at radius 3 is 2.17 bits per heavy atom. The number of carbonyl (C=O) groups excluding carboxylic acids is 4. The Morgan fingerprint density at radius 2 is 1.66 bits per heavy atom. The molecule has 9 heteroatoms. The molecule has 35 heavy (non-hydrogen) atoms. The van der Waals surface area contributed by atoms with Crippen LogP contribution in [0.2, 0.25) is 0 Å². The van der Waals surface area contributed by atoms with Crippen molar-refractivity contribution in [2.24, 2.45) is 0 Å². The molecule has 2 unspecified atom stereocenters. The minimum absolute atomic E-state index is 0.303. The molecule has 0 aromatic heterocycles. The minimum Gasteiger partial charge on any atom is -0.468 e. The second-order valence-electron chi connectivity index (χ2n) is 9.61. The number of alkyl carbamates (subject to hydrolysis) is 1. The van der Waals surface area contributed by atoms with E-state index in [0.717, 1.165) is 24.0 Å². The van der Waals surface area contributed by atoms with Gasteiger partial charge in [0.15, 0.2) is 0 Å². The molecule has 0 fully saturated rings. The van der Waals surface area contributed by atoms with Crippen LogP contribution in [-0.4, -0.2) is 60.6 Å². The third-order valence-corrected chi connectivity index (χ3v) is 5.40. The largest absolute Gasteiger partial charge is 0.468 e. The van der Waals surface area contributed by atoms with E-state index in [1.165, 1.54) is 12.0 Å². The summed E-state index contributed by atoms with van der Waals surface area (Å²) in [6.45, 7) is 12.5. The summed E-state index contributed by atoms with van der Waals surface area (Å²) in [7, 11) is 1.24. The Hall–Kier alpha value is -3.10. The van der Waals surface area contributed by atoms with Crippen molar-refractivity contribution in [3.05, 3.63) is 34.9 Å². The van der Waals surface area contributed by atoms with E-state index < -0.39 is 41.6 Å². The zero-order valence-electron chi connectivity index (χ0n) is 22.3. The first-order valence-corrected chi connectivity index (χ1v) is 12.0. The number of rotatable bonds is 11. The molecular weight excluding hydrogens is 450 g/mol. The zero-order chi connectivity index (χ0) is 26.8. The van der Waals surface area contributed by atoms with Gasteiger partial charge >= 0.3 is 12.1 Å². The highest BCUT2D eigenvalue weighted by Crippen LogP contribution is 2.29. The van der Waals surface area contributed by atoms with Gasteiger partial charge in [0, 0.05) is 6.54 Å². The second-order valence-corrected chi connectivity index (χ2v) is 9.61. The number of aryl methyl sites for hydroxylation is 2. The highest BCUT2D eigenvalue weighted by molar-refractivity contribution is 5.93. The number of amides is 3. The number of hydrogen-bond acceptors (Lipinski definition) is 6. The number of nitrogens with one attached hydrogen (secondary N) is 2. The fraction of sp³-hybridized carbons (Fsp3) is 0.615. The van der Waals surface area contributed by atoms with Crippen molar-refractivity contribution in [1.29, 1.82) is 0 Å². The summed E-state index contributed by atoms with van der Waals surface area (Å²) < 4.78 is 9.94. The molecule has 0 radical (unpaired) electrons. The number of unbranched alkanes of at least 4 members (excludes halogenated alkanes) is 2. The van der Waals surface area contributed by atoms with E-state index in [-0.39, 0.29) is 6.54 Å². The van der Waals surface area contributed by atoms with Crippen LogP contribution in [0.1, 0.15) is 76.6 Å². The molecule has 2 N–H and O–H groups in total. The molecular formula is C26H41N3O6. The zero-order valence-corrected chi connectivity index (χ0v) is 22.3. The van der Waals surface area contributed by atoms with Gasteiger partial charge in [-0.25, -0.2) is 4.79 Å². The first kappa shape index (κ1) is 29.9. The summed E-state index contributed by atoms with van der Waals surface area (Å²) in [6, 6.07) is 3.70. The first-order valence-electron chi connectivity index (χ1n) is 12.0. The quantitative estimate of drug-likeness (QED) is 0.361. The standard InChI is InChI=1S/C26H41N3O6/c1-9-10-11-15-29(24(32)19(4)28-25(33)35-26(5,6)7)22(23(31)27-16-20(30)34-8)21-17(2)13-12-14-18(21)3/h12-14,19,22H,9-11,15-16H2,1-8H3,(H,27,31)(H,28,33). The highest BCUT2D eigenvalue weighted by atomic mass is 16.6. The summed E-state index contributed by atoms with van der Waals surface area (Å²) in [4.78, 5) is 52.6. The average Bonchev–Trinajstić information content (AvgIpc) is 2.76. The normalized spacial score (nSPS) is 12.8. The minimum atomic E-state index is -0.993. The molecule has 196 valence electrons. The SMILES string of the molecule is CCCCCN(C(=O)C(C)NC(=O)OC(C)(C)C)C(C(=O)NCC(=O)OC)c1c(C)cccc1C. The van der Waals surface area contributed by atoms with E-state index in [2.05, 4.69) is 15.4 Å². The molecule has 9 nitrogen and oxygen atoms in total. The average molecular weight is 492 g/mol. The van der Waals surface area contributed by atoms with Gasteiger partial charge in [0.2, 0.25) is 11.8 Å². The molecule has 0 saturated heterocycles. The fourth-order valence-corrected chi connectivity index (χ4v) is 3.71. The van der Waals surface area contributed by atoms with Gasteiger partial charge in [-0.05, 0) is 64.7 Å². The number of carbonyl (C=O) groups is 4. The third kappa shape index (κ3) is 9.58. The van der Waals surface area contributed by atoms with Gasteiger partial charge in [-0.1, -0.05) is 38.0 Å². The van der Waals surface area contributed by atoms with Crippen molar-refractivity contribution in [3.8, 4) is 0 Å². The number of ether oxygens (including phenoxy) is 2. The van der Waals surface area contributed by atoms with Crippen LogP contribution >= 0.6 is 0 Å². The van der Waals surface area contributed by atoms with Gasteiger partial charge in [-0.3, -0.25) is 14.4 Å². The Labute approximate surface area is 208 Å². The molecule has 1 rings (SSSR count). The van der Waals surface area contributed by atoms with Gasteiger partial charge in [0.1, 0.15) is 24.2 Å². The van der Waals surface area contributed by atoms with E-state index in [1.807, 2.05) is 39.0 Å². The van der Waals surface area contributed by atoms with Crippen LogP contribution in [0.3, 0.4) is 0 Å². The van der Waals surface area contributed by atoms with Gasteiger partial charge in [0.05, 0.1) is 7.11 Å². The van der Waals surface area contributed by atoms with Gasteiger partial charge in [-0.2, -0.15) is 0 Å². The van der Waals surface area contributed by atoms with Gasteiger partial charge < -0.3 is 25.0 Å².